The van der Waals surface area contributed by atoms with Gasteiger partial charge in [-0.25, -0.2) is 4.52 Å². The summed E-state index contributed by atoms with van der Waals surface area (Å²) in [6.45, 7) is 0.389. The maximum Gasteiger partial charge on any atom is 0.284 e. The van der Waals surface area contributed by atoms with Crippen LogP contribution in [0.15, 0.2) is 59.7 Å². The van der Waals surface area contributed by atoms with Crippen LogP contribution in [0.1, 0.15) is 15.9 Å². The van der Waals surface area contributed by atoms with Gasteiger partial charge in [0.05, 0.1) is 12.5 Å². The van der Waals surface area contributed by atoms with Crippen molar-refractivity contribution in [1.29, 1.82) is 0 Å². The lowest BCUT2D eigenvalue weighted by atomic mass is 10.2. The molecule has 29 heavy (non-hydrogen) atoms. The van der Waals surface area contributed by atoms with Crippen molar-refractivity contribution in [2.24, 2.45) is 4.99 Å². The lowest BCUT2D eigenvalue weighted by Crippen LogP contribution is -2.33. The topological polar surface area (TPSA) is 99.0 Å². The number of ether oxygens (including phenoxy) is 1. The van der Waals surface area contributed by atoms with Crippen LogP contribution in [0.4, 0.5) is 0 Å². The van der Waals surface area contributed by atoms with E-state index >= 15 is 0 Å². The van der Waals surface area contributed by atoms with Crippen LogP contribution in [0.3, 0.4) is 0 Å². The number of amides is 1. The van der Waals surface area contributed by atoms with Gasteiger partial charge < -0.3 is 14.8 Å². The van der Waals surface area contributed by atoms with Crippen molar-refractivity contribution in [3.05, 3.63) is 71.1 Å². The minimum Gasteiger partial charge on any atom is -0.594 e. The number of carbonyl (C=O) groups excluding carboxylic acids is 1. The molecule has 2 aromatic carbocycles. The van der Waals surface area contributed by atoms with Crippen molar-refractivity contribution >= 4 is 28.9 Å². The third kappa shape index (κ3) is 3.70. The normalized spacial score (nSPS) is 11.4. The first-order valence-corrected chi connectivity index (χ1v) is 8.86. The number of fused-ring (bicyclic) bond motifs is 3. The summed E-state index contributed by atoms with van der Waals surface area (Å²) in [7, 11) is 3.50. The fourth-order valence-electron chi connectivity index (χ4n) is 2.81. The summed E-state index contributed by atoms with van der Waals surface area (Å²) in [4.78, 5) is 18.3. The third-order valence-corrected chi connectivity index (χ3v) is 4.20. The Morgan fingerprint density at radius 3 is 2.83 bits per heavy atom. The number of carbonyl (C=O) groups is 1. The van der Waals surface area contributed by atoms with Crippen molar-refractivity contribution in [1.82, 2.24) is 19.6 Å². The van der Waals surface area contributed by atoms with Gasteiger partial charge >= 0.3 is 0 Å². The Morgan fingerprint density at radius 2 is 2.07 bits per heavy atom. The van der Waals surface area contributed by atoms with Crippen molar-refractivity contribution in [3.63, 3.8) is 0 Å². The lowest BCUT2D eigenvalue weighted by Gasteiger charge is -2.08. The summed E-state index contributed by atoms with van der Waals surface area (Å²) in [6.07, 6.45) is 2.74. The number of hydrogen-bond donors (Lipinski definition) is 0. The summed E-state index contributed by atoms with van der Waals surface area (Å²) in [5.74, 6) is 0.0416. The van der Waals surface area contributed by atoms with Gasteiger partial charge in [-0.1, -0.05) is 30.3 Å². The molecule has 4 rings (SSSR count). The molecular weight excluding hydrogens is 372 g/mol. The molecule has 2 heterocycles. The zero-order chi connectivity index (χ0) is 20.4. The molecule has 9 heteroatoms. The summed E-state index contributed by atoms with van der Waals surface area (Å²) >= 11 is 0. The SMILES string of the molecule is CN(C)C=NC(=O)c1cnn2c1n[n+]([O-])c1ccc(OCc3ccccc3)cc12. The van der Waals surface area contributed by atoms with Crippen LogP contribution in [0.25, 0.3) is 16.7 Å². The van der Waals surface area contributed by atoms with Crippen molar-refractivity contribution in [2.45, 2.75) is 6.61 Å². The van der Waals surface area contributed by atoms with Crippen LogP contribution in [0.2, 0.25) is 0 Å². The lowest BCUT2D eigenvalue weighted by molar-refractivity contribution is -0.640. The van der Waals surface area contributed by atoms with E-state index in [1.807, 2.05) is 30.3 Å². The highest BCUT2D eigenvalue weighted by atomic mass is 16.5. The number of aromatic nitrogens is 4. The molecule has 146 valence electrons. The highest BCUT2D eigenvalue weighted by Gasteiger charge is 2.20. The molecule has 9 nitrogen and oxygen atoms in total. The molecule has 0 bridgehead atoms. The first-order valence-electron chi connectivity index (χ1n) is 8.86. The second kappa shape index (κ2) is 7.55. The molecule has 0 fully saturated rings. The van der Waals surface area contributed by atoms with Crippen molar-refractivity contribution in [3.8, 4) is 5.75 Å². The molecule has 0 atom stereocenters. The summed E-state index contributed by atoms with van der Waals surface area (Å²) in [5, 5.41) is 20.6. The number of rotatable bonds is 5. The van der Waals surface area contributed by atoms with Crippen LogP contribution < -0.4 is 9.58 Å². The average molecular weight is 390 g/mol. The number of benzene rings is 2. The van der Waals surface area contributed by atoms with E-state index in [1.54, 1.807) is 37.2 Å². The first-order chi connectivity index (χ1) is 14.0. The Morgan fingerprint density at radius 1 is 1.28 bits per heavy atom. The van der Waals surface area contributed by atoms with Gasteiger partial charge in [-0.2, -0.15) is 10.1 Å². The minimum absolute atomic E-state index is 0.133. The van der Waals surface area contributed by atoms with Gasteiger partial charge in [0, 0.05) is 31.3 Å². The molecule has 0 unspecified atom stereocenters. The highest BCUT2D eigenvalue weighted by Crippen LogP contribution is 2.21. The van der Waals surface area contributed by atoms with Crippen molar-refractivity contribution in [2.75, 3.05) is 14.1 Å². The third-order valence-electron chi connectivity index (χ3n) is 4.20. The molecule has 2 aromatic heterocycles. The smallest absolute Gasteiger partial charge is 0.284 e. The van der Waals surface area contributed by atoms with E-state index in [0.717, 1.165) is 5.56 Å². The fraction of sp³-hybridized carbons (Fsp3) is 0.150. The van der Waals surface area contributed by atoms with Gasteiger partial charge in [-0.15, -0.1) is 0 Å². The summed E-state index contributed by atoms with van der Waals surface area (Å²) < 4.78 is 7.28. The second-order valence-corrected chi connectivity index (χ2v) is 6.60. The summed E-state index contributed by atoms with van der Waals surface area (Å²) in [5.41, 5.74) is 2.09. The molecule has 0 aliphatic heterocycles. The Balaban J connectivity index is 1.73. The van der Waals surface area contributed by atoms with Gasteiger partial charge in [-0.3, -0.25) is 4.79 Å². The van der Waals surface area contributed by atoms with Gasteiger partial charge in [0.25, 0.3) is 11.4 Å². The number of nitrogens with zero attached hydrogens (tertiary/aromatic N) is 6. The van der Waals surface area contributed by atoms with Crippen LogP contribution in [-0.4, -0.2) is 46.0 Å². The molecule has 0 N–H and O–H groups in total. The van der Waals surface area contributed by atoms with E-state index in [2.05, 4.69) is 15.2 Å². The molecule has 0 saturated heterocycles. The second-order valence-electron chi connectivity index (χ2n) is 6.60. The fourth-order valence-corrected chi connectivity index (χ4v) is 2.81. The average Bonchev–Trinajstić information content (AvgIpc) is 3.15. The van der Waals surface area contributed by atoms with E-state index in [9.17, 15) is 10.0 Å². The van der Waals surface area contributed by atoms with Crippen LogP contribution in [0.5, 0.6) is 5.75 Å². The quantitative estimate of drug-likeness (QED) is 0.223. The van der Waals surface area contributed by atoms with E-state index < -0.39 is 5.91 Å². The Bertz CT molecular complexity index is 1220. The molecule has 0 aliphatic carbocycles. The predicted molar refractivity (Wildman–Crippen MR) is 107 cm³/mol. The Hall–Kier alpha value is -4.01. The van der Waals surface area contributed by atoms with Crippen molar-refractivity contribution < 1.29 is 14.4 Å². The monoisotopic (exact) mass is 390 g/mol. The maximum absolute atomic E-state index is 12.4. The van der Waals surface area contributed by atoms with E-state index in [4.69, 9.17) is 4.74 Å². The standard InChI is InChI=1S/C20H18N6O3/c1-24(2)13-21-20(27)16-11-22-25-18-10-15(29-12-14-6-4-3-5-7-14)8-9-17(18)26(28)23-19(16)25/h3-11,13H,12H2,1-2H3. The van der Waals surface area contributed by atoms with E-state index in [-0.39, 0.29) is 11.2 Å². The zero-order valence-electron chi connectivity index (χ0n) is 15.9. The van der Waals surface area contributed by atoms with Crippen LogP contribution in [-0.2, 0) is 6.61 Å². The zero-order valence-corrected chi connectivity index (χ0v) is 15.9. The van der Waals surface area contributed by atoms with Gasteiger partial charge in [-0.05, 0) is 16.5 Å². The van der Waals surface area contributed by atoms with Gasteiger partial charge in [0.1, 0.15) is 23.4 Å². The highest BCUT2D eigenvalue weighted by molar-refractivity contribution is 6.03. The predicted octanol–water partition coefficient (Wildman–Crippen LogP) is 1.82. The first kappa shape index (κ1) is 18.4. The Kier molecular flexibility index (Phi) is 4.78. The minimum atomic E-state index is -0.531. The molecule has 0 aliphatic rings. The molecule has 0 spiro atoms. The molecule has 0 radical (unpaired) electrons. The molecule has 0 saturated carbocycles. The molecule has 4 aromatic rings. The summed E-state index contributed by atoms with van der Waals surface area (Å²) in [6, 6.07) is 14.8. The maximum atomic E-state index is 12.4. The number of aliphatic imine (C=N–C) groups is 1. The van der Waals surface area contributed by atoms with E-state index in [0.29, 0.717) is 28.2 Å². The Labute approximate surface area is 166 Å². The van der Waals surface area contributed by atoms with Gasteiger partial charge in [0.15, 0.2) is 0 Å². The molecular formula is C20H18N6O3. The molecule has 1 amide bonds. The van der Waals surface area contributed by atoms with Crippen LogP contribution in [0, 0.1) is 5.21 Å². The largest absolute Gasteiger partial charge is 0.594 e. The van der Waals surface area contributed by atoms with E-state index in [1.165, 1.54) is 17.1 Å². The van der Waals surface area contributed by atoms with Gasteiger partial charge in [0.2, 0.25) is 5.65 Å². The number of hydrogen-bond acceptors (Lipinski definition) is 5. The van der Waals surface area contributed by atoms with Crippen LogP contribution >= 0.6 is 0 Å².